The standard InChI is InChI=1S/C17H20ClN7/c1-3-4-9-24-14(18)13(10(2)23-24)15-21-16(19)22-17-20-11-7-5-6-8-12(11)25(15)17/h5-8,15H,3-4,9H2,1-2H3,(H3,19,20,21,22). The smallest absolute Gasteiger partial charge is 0.212 e. The van der Waals surface area contributed by atoms with Gasteiger partial charge in [-0.25, -0.2) is 9.98 Å². The lowest BCUT2D eigenvalue weighted by Crippen LogP contribution is -2.31. The first kappa shape index (κ1) is 16.0. The summed E-state index contributed by atoms with van der Waals surface area (Å²) in [6.07, 6.45) is 1.72. The molecule has 1 aliphatic rings. The molecule has 2 aromatic heterocycles. The van der Waals surface area contributed by atoms with Crippen molar-refractivity contribution in [3.8, 4) is 0 Å². The summed E-state index contributed by atoms with van der Waals surface area (Å²) in [7, 11) is 0. The number of halogens is 1. The molecule has 3 aromatic rings. The third-order valence-corrected chi connectivity index (χ3v) is 4.83. The zero-order valence-electron chi connectivity index (χ0n) is 14.2. The van der Waals surface area contributed by atoms with Gasteiger partial charge in [0.15, 0.2) is 12.1 Å². The Labute approximate surface area is 150 Å². The molecular formula is C17H20ClN7. The van der Waals surface area contributed by atoms with Gasteiger partial charge in [-0.1, -0.05) is 37.1 Å². The molecule has 0 radical (unpaired) electrons. The van der Waals surface area contributed by atoms with E-state index in [1.807, 2.05) is 40.4 Å². The minimum atomic E-state index is -0.383. The molecule has 25 heavy (non-hydrogen) atoms. The lowest BCUT2D eigenvalue weighted by molar-refractivity contribution is 0.567. The van der Waals surface area contributed by atoms with Gasteiger partial charge in [-0.05, 0) is 25.5 Å². The van der Waals surface area contributed by atoms with Crippen LogP contribution in [0, 0.1) is 6.92 Å². The number of anilines is 1. The van der Waals surface area contributed by atoms with Crippen molar-refractivity contribution in [3.05, 3.63) is 40.7 Å². The average molecular weight is 358 g/mol. The van der Waals surface area contributed by atoms with Crippen LogP contribution in [0.25, 0.3) is 11.0 Å². The van der Waals surface area contributed by atoms with Crippen LogP contribution in [0.2, 0.25) is 5.15 Å². The molecule has 3 heterocycles. The summed E-state index contributed by atoms with van der Waals surface area (Å²) in [5.41, 5.74) is 9.58. The Kier molecular flexibility index (Phi) is 3.88. The number of benzene rings is 1. The van der Waals surface area contributed by atoms with Crippen LogP contribution in [0.3, 0.4) is 0 Å². The van der Waals surface area contributed by atoms with Crippen molar-refractivity contribution in [1.29, 1.82) is 0 Å². The predicted molar refractivity (Wildman–Crippen MR) is 100.0 cm³/mol. The lowest BCUT2D eigenvalue weighted by Gasteiger charge is -2.23. The van der Waals surface area contributed by atoms with Gasteiger partial charge in [0.25, 0.3) is 0 Å². The number of nitrogens with zero attached hydrogens (tertiary/aromatic N) is 5. The van der Waals surface area contributed by atoms with Crippen molar-refractivity contribution in [3.63, 3.8) is 0 Å². The zero-order chi connectivity index (χ0) is 17.6. The molecule has 0 saturated heterocycles. The SMILES string of the molecule is CCCCn1nc(C)c(C2N=C(N)Nc3nc4ccccc4n32)c1Cl. The molecule has 0 fully saturated rings. The first-order chi connectivity index (χ1) is 12.1. The van der Waals surface area contributed by atoms with E-state index in [9.17, 15) is 0 Å². The highest BCUT2D eigenvalue weighted by Crippen LogP contribution is 2.36. The number of aliphatic imine (C=N–C) groups is 1. The molecule has 8 heteroatoms. The van der Waals surface area contributed by atoms with Crippen LogP contribution >= 0.6 is 11.6 Å². The van der Waals surface area contributed by atoms with Gasteiger partial charge in [0.2, 0.25) is 5.95 Å². The molecule has 1 atom stereocenters. The second kappa shape index (κ2) is 6.07. The Balaban J connectivity index is 1.89. The summed E-state index contributed by atoms with van der Waals surface area (Å²) < 4.78 is 3.87. The van der Waals surface area contributed by atoms with Crippen LogP contribution < -0.4 is 11.1 Å². The van der Waals surface area contributed by atoms with Crippen LogP contribution in [-0.4, -0.2) is 25.3 Å². The maximum atomic E-state index is 6.67. The molecule has 0 saturated carbocycles. The first-order valence-electron chi connectivity index (χ1n) is 8.40. The van der Waals surface area contributed by atoms with E-state index in [4.69, 9.17) is 17.3 Å². The number of para-hydroxylation sites is 2. The highest BCUT2D eigenvalue weighted by molar-refractivity contribution is 6.30. The Morgan fingerprint density at radius 2 is 2.12 bits per heavy atom. The van der Waals surface area contributed by atoms with E-state index in [-0.39, 0.29) is 6.17 Å². The molecule has 0 bridgehead atoms. The van der Waals surface area contributed by atoms with Crippen molar-refractivity contribution in [2.45, 2.75) is 39.4 Å². The normalized spacial score (nSPS) is 16.6. The van der Waals surface area contributed by atoms with Crippen LogP contribution in [0.4, 0.5) is 5.95 Å². The molecule has 0 aliphatic carbocycles. The Bertz CT molecular complexity index is 969. The molecule has 130 valence electrons. The maximum Gasteiger partial charge on any atom is 0.212 e. The summed E-state index contributed by atoms with van der Waals surface area (Å²) in [5.74, 6) is 0.986. The quantitative estimate of drug-likeness (QED) is 0.750. The number of imidazole rings is 1. The van der Waals surface area contributed by atoms with Gasteiger partial charge in [-0.2, -0.15) is 5.10 Å². The minimum Gasteiger partial charge on any atom is -0.370 e. The summed E-state index contributed by atoms with van der Waals surface area (Å²) >= 11 is 6.67. The summed E-state index contributed by atoms with van der Waals surface area (Å²) in [6.45, 7) is 4.89. The maximum absolute atomic E-state index is 6.67. The highest BCUT2D eigenvalue weighted by Gasteiger charge is 2.30. The van der Waals surface area contributed by atoms with Gasteiger partial charge >= 0.3 is 0 Å². The van der Waals surface area contributed by atoms with Gasteiger partial charge in [0.05, 0.1) is 22.3 Å². The van der Waals surface area contributed by atoms with Crippen molar-refractivity contribution >= 4 is 34.5 Å². The number of aromatic nitrogens is 4. The number of hydrogen-bond acceptors (Lipinski definition) is 5. The lowest BCUT2D eigenvalue weighted by atomic mass is 10.2. The van der Waals surface area contributed by atoms with E-state index in [2.05, 4.69) is 27.3 Å². The van der Waals surface area contributed by atoms with Gasteiger partial charge in [-0.15, -0.1) is 0 Å². The van der Waals surface area contributed by atoms with Crippen molar-refractivity contribution in [1.82, 2.24) is 19.3 Å². The number of guanidine groups is 1. The van der Waals surface area contributed by atoms with Gasteiger partial charge in [-0.3, -0.25) is 14.6 Å². The Morgan fingerprint density at radius 3 is 2.92 bits per heavy atom. The molecule has 1 unspecified atom stereocenters. The minimum absolute atomic E-state index is 0.324. The molecule has 0 spiro atoms. The molecule has 1 aliphatic heterocycles. The molecule has 4 rings (SSSR count). The van der Waals surface area contributed by atoms with E-state index < -0.39 is 0 Å². The number of nitrogens with two attached hydrogens (primary N) is 1. The van der Waals surface area contributed by atoms with Crippen molar-refractivity contribution in [2.24, 2.45) is 10.7 Å². The summed E-state index contributed by atoms with van der Waals surface area (Å²) in [6, 6.07) is 7.92. The van der Waals surface area contributed by atoms with E-state index in [1.54, 1.807) is 0 Å². The van der Waals surface area contributed by atoms with Crippen LogP contribution in [0.5, 0.6) is 0 Å². The number of aryl methyl sites for hydroxylation is 2. The Hall–Kier alpha value is -2.54. The number of fused-ring (bicyclic) bond motifs is 3. The fourth-order valence-corrected chi connectivity index (χ4v) is 3.58. The van der Waals surface area contributed by atoms with E-state index in [0.29, 0.717) is 17.1 Å². The average Bonchev–Trinajstić information content (AvgIpc) is 3.09. The van der Waals surface area contributed by atoms with Crippen molar-refractivity contribution in [2.75, 3.05) is 5.32 Å². The molecule has 3 N–H and O–H groups in total. The van der Waals surface area contributed by atoms with Crippen molar-refractivity contribution < 1.29 is 0 Å². The molecule has 1 aromatic carbocycles. The number of nitrogens with one attached hydrogen (secondary N) is 1. The number of rotatable bonds is 4. The largest absolute Gasteiger partial charge is 0.370 e. The van der Waals surface area contributed by atoms with Crippen LogP contribution in [0.1, 0.15) is 37.2 Å². The van der Waals surface area contributed by atoms with Crippen LogP contribution in [0.15, 0.2) is 29.3 Å². The zero-order valence-corrected chi connectivity index (χ0v) is 15.0. The summed E-state index contributed by atoms with van der Waals surface area (Å²) in [5, 5.41) is 8.25. The fraction of sp³-hybridized carbons (Fsp3) is 0.353. The molecular weight excluding hydrogens is 338 g/mol. The van der Waals surface area contributed by atoms with Gasteiger partial charge < -0.3 is 5.73 Å². The second-order valence-corrected chi connectivity index (χ2v) is 6.53. The monoisotopic (exact) mass is 357 g/mol. The molecule has 0 amide bonds. The van der Waals surface area contributed by atoms with E-state index in [0.717, 1.165) is 41.7 Å². The third-order valence-electron chi connectivity index (χ3n) is 4.43. The topological polar surface area (TPSA) is 86.1 Å². The predicted octanol–water partition coefficient (Wildman–Crippen LogP) is 3.28. The third kappa shape index (κ3) is 2.55. The number of unbranched alkanes of at least 4 members (excludes halogenated alkanes) is 1. The number of hydrogen-bond donors (Lipinski definition) is 2. The van der Waals surface area contributed by atoms with Gasteiger partial charge in [0.1, 0.15) is 5.15 Å². The van der Waals surface area contributed by atoms with Gasteiger partial charge in [0, 0.05) is 6.54 Å². The summed E-state index contributed by atoms with van der Waals surface area (Å²) in [4.78, 5) is 9.22. The Morgan fingerprint density at radius 1 is 1.32 bits per heavy atom. The fourth-order valence-electron chi connectivity index (χ4n) is 3.23. The van der Waals surface area contributed by atoms with Crippen LogP contribution in [-0.2, 0) is 6.54 Å². The molecule has 7 nitrogen and oxygen atoms in total. The first-order valence-corrected chi connectivity index (χ1v) is 8.78. The second-order valence-electron chi connectivity index (χ2n) is 6.17. The highest BCUT2D eigenvalue weighted by atomic mass is 35.5. The van der Waals surface area contributed by atoms with E-state index >= 15 is 0 Å². The van der Waals surface area contributed by atoms with E-state index in [1.165, 1.54) is 0 Å².